The van der Waals surface area contributed by atoms with E-state index < -0.39 is 23.7 Å². The molecule has 1 aromatic heterocycles. The second-order valence-corrected chi connectivity index (χ2v) is 7.44. The predicted molar refractivity (Wildman–Crippen MR) is 125 cm³/mol. The van der Waals surface area contributed by atoms with Crippen LogP contribution in [-0.4, -0.2) is 34.2 Å². The molecule has 0 bridgehead atoms. The van der Waals surface area contributed by atoms with Crippen LogP contribution in [0, 0.1) is 0 Å². The standard InChI is InChI=1S/C24H32N4O4/c1-3-5-10-15-28-16-14-21(27-24(28)31)26-23(30)25-20(18-19-12-8-7-9-13-19)22(29)32-17-11-6-4-2/h4,7-9,12-14,16,20H,2-3,5-6,10-11,15,17-18H2,1H3,(H2,25,26,27,30,31)/t20-/m0/s1. The summed E-state index contributed by atoms with van der Waals surface area (Å²) in [4.78, 5) is 41.1. The number of ether oxygens (including phenoxy) is 1. The lowest BCUT2D eigenvalue weighted by Crippen LogP contribution is -2.45. The molecule has 0 aliphatic rings. The number of rotatable bonds is 13. The Labute approximate surface area is 188 Å². The number of urea groups is 1. The number of benzene rings is 1. The number of allylic oxidation sites excluding steroid dienone is 1. The molecular weight excluding hydrogens is 408 g/mol. The van der Waals surface area contributed by atoms with Gasteiger partial charge in [-0.3, -0.25) is 9.88 Å². The lowest BCUT2D eigenvalue weighted by molar-refractivity contribution is -0.145. The second-order valence-electron chi connectivity index (χ2n) is 7.44. The van der Waals surface area contributed by atoms with Crippen molar-refractivity contribution in [3.63, 3.8) is 0 Å². The number of aromatic nitrogens is 2. The molecule has 2 rings (SSSR count). The minimum Gasteiger partial charge on any atom is -0.464 e. The molecule has 0 aliphatic carbocycles. The molecule has 0 saturated heterocycles. The first-order valence-electron chi connectivity index (χ1n) is 11.0. The normalized spacial score (nSPS) is 11.4. The number of carbonyl (C=O) groups is 2. The molecule has 2 amide bonds. The highest BCUT2D eigenvalue weighted by Gasteiger charge is 2.23. The molecule has 0 saturated carbocycles. The summed E-state index contributed by atoms with van der Waals surface area (Å²) in [5, 5.41) is 5.17. The topological polar surface area (TPSA) is 102 Å². The van der Waals surface area contributed by atoms with E-state index in [4.69, 9.17) is 4.74 Å². The zero-order valence-electron chi connectivity index (χ0n) is 18.6. The van der Waals surface area contributed by atoms with Crippen LogP contribution in [0.2, 0.25) is 0 Å². The number of amides is 2. The van der Waals surface area contributed by atoms with Crippen molar-refractivity contribution in [2.45, 2.75) is 58.0 Å². The third-order valence-corrected chi connectivity index (χ3v) is 4.79. The Kier molecular flexibility index (Phi) is 10.7. The first-order chi connectivity index (χ1) is 15.5. The summed E-state index contributed by atoms with van der Waals surface area (Å²) in [7, 11) is 0. The Morgan fingerprint density at radius 2 is 1.97 bits per heavy atom. The Bertz CT molecular complexity index is 927. The maximum absolute atomic E-state index is 12.6. The molecule has 0 fully saturated rings. The molecular formula is C24H32N4O4. The maximum Gasteiger partial charge on any atom is 0.349 e. The molecule has 0 aliphatic heterocycles. The monoisotopic (exact) mass is 440 g/mol. The Morgan fingerprint density at radius 1 is 1.19 bits per heavy atom. The highest BCUT2D eigenvalue weighted by molar-refractivity contribution is 5.91. The van der Waals surface area contributed by atoms with Crippen LogP contribution < -0.4 is 16.3 Å². The fourth-order valence-corrected chi connectivity index (χ4v) is 3.06. The van der Waals surface area contributed by atoms with E-state index in [2.05, 4.69) is 29.1 Å². The van der Waals surface area contributed by atoms with E-state index >= 15 is 0 Å². The molecule has 1 atom stereocenters. The summed E-state index contributed by atoms with van der Waals surface area (Å²) in [5.74, 6) is -0.399. The predicted octanol–water partition coefficient (Wildman–Crippen LogP) is 3.68. The number of aryl methyl sites for hydroxylation is 1. The van der Waals surface area contributed by atoms with E-state index in [1.807, 2.05) is 30.3 Å². The number of anilines is 1. The van der Waals surface area contributed by atoms with Gasteiger partial charge in [0.1, 0.15) is 11.9 Å². The summed E-state index contributed by atoms with van der Waals surface area (Å²) in [6.07, 6.45) is 8.02. The van der Waals surface area contributed by atoms with Gasteiger partial charge in [0.05, 0.1) is 6.61 Å². The number of hydrogen-bond donors (Lipinski definition) is 2. The Hall–Kier alpha value is -3.42. The molecule has 172 valence electrons. The van der Waals surface area contributed by atoms with E-state index in [-0.39, 0.29) is 18.8 Å². The highest BCUT2D eigenvalue weighted by atomic mass is 16.5. The number of nitrogens with one attached hydrogen (secondary N) is 2. The van der Waals surface area contributed by atoms with Crippen molar-refractivity contribution in [1.29, 1.82) is 0 Å². The lowest BCUT2D eigenvalue weighted by atomic mass is 10.1. The second kappa shape index (κ2) is 13.8. The first-order valence-corrected chi connectivity index (χ1v) is 11.0. The van der Waals surface area contributed by atoms with Crippen molar-refractivity contribution in [2.24, 2.45) is 0 Å². The quantitative estimate of drug-likeness (QED) is 0.281. The summed E-state index contributed by atoms with van der Waals surface area (Å²) in [6.45, 7) is 6.57. The Balaban J connectivity index is 2.00. The average molecular weight is 441 g/mol. The lowest BCUT2D eigenvalue weighted by Gasteiger charge is -2.18. The third-order valence-electron chi connectivity index (χ3n) is 4.79. The van der Waals surface area contributed by atoms with Gasteiger partial charge in [-0.1, -0.05) is 56.2 Å². The zero-order chi connectivity index (χ0) is 23.2. The van der Waals surface area contributed by atoms with Crippen molar-refractivity contribution >= 4 is 17.8 Å². The van der Waals surface area contributed by atoms with Crippen molar-refractivity contribution in [2.75, 3.05) is 11.9 Å². The van der Waals surface area contributed by atoms with Crippen LogP contribution in [0.4, 0.5) is 10.6 Å². The smallest absolute Gasteiger partial charge is 0.349 e. The van der Waals surface area contributed by atoms with Crippen LogP contribution in [0.25, 0.3) is 0 Å². The van der Waals surface area contributed by atoms with Crippen molar-refractivity contribution < 1.29 is 14.3 Å². The van der Waals surface area contributed by atoms with Gasteiger partial charge in [-0.05, 0) is 30.9 Å². The molecule has 0 radical (unpaired) electrons. The molecule has 1 aromatic carbocycles. The van der Waals surface area contributed by atoms with Gasteiger partial charge in [0, 0.05) is 19.2 Å². The third kappa shape index (κ3) is 8.75. The number of nitrogens with zero attached hydrogens (tertiary/aromatic N) is 2. The fourth-order valence-electron chi connectivity index (χ4n) is 3.06. The summed E-state index contributed by atoms with van der Waals surface area (Å²) >= 11 is 0. The van der Waals surface area contributed by atoms with E-state index in [0.29, 0.717) is 13.0 Å². The molecule has 0 spiro atoms. The largest absolute Gasteiger partial charge is 0.464 e. The van der Waals surface area contributed by atoms with Gasteiger partial charge in [-0.15, -0.1) is 6.58 Å². The minimum absolute atomic E-state index is 0.122. The molecule has 0 unspecified atom stereocenters. The number of hydrogen-bond acceptors (Lipinski definition) is 5. The van der Waals surface area contributed by atoms with E-state index in [9.17, 15) is 14.4 Å². The van der Waals surface area contributed by atoms with Crippen molar-refractivity contribution in [3.8, 4) is 0 Å². The fraction of sp³-hybridized carbons (Fsp3) is 0.417. The first kappa shape index (κ1) is 24.8. The van der Waals surface area contributed by atoms with Crippen LogP contribution in [0.1, 0.15) is 44.6 Å². The molecule has 32 heavy (non-hydrogen) atoms. The summed E-state index contributed by atoms with van der Waals surface area (Å²) in [6, 6.07) is 9.40. The number of unbranched alkanes of at least 4 members (excludes halogenated alkanes) is 3. The highest BCUT2D eigenvalue weighted by Crippen LogP contribution is 2.07. The van der Waals surface area contributed by atoms with Crippen molar-refractivity contribution in [3.05, 3.63) is 71.3 Å². The van der Waals surface area contributed by atoms with Gasteiger partial charge in [-0.25, -0.2) is 14.4 Å². The SMILES string of the molecule is C=CCCCOC(=O)[C@H](Cc1ccccc1)NC(=O)Nc1ccn(CCCCC)c(=O)n1. The van der Waals surface area contributed by atoms with Gasteiger partial charge in [0.2, 0.25) is 0 Å². The van der Waals surface area contributed by atoms with Gasteiger partial charge < -0.3 is 10.1 Å². The van der Waals surface area contributed by atoms with E-state index in [0.717, 1.165) is 31.2 Å². The minimum atomic E-state index is -0.879. The summed E-state index contributed by atoms with van der Waals surface area (Å²) < 4.78 is 6.82. The molecule has 8 nitrogen and oxygen atoms in total. The molecule has 2 N–H and O–H groups in total. The summed E-state index contributed by atoms with van der Waals surface area (Å²) in [5.41, 5.74) is 0.454. The Morgan fingerprint density at radius 3 is 2.66 bits per heavy atom. The number of esters is 1. The zero-order valence-corrected chi connectivity index (χ0v) is 18.6. The van der Waals surface area contributed by atoms with Crippen LogP contribution in [-0.2, 0) is 22.5 Å². The van der Waals surface area contributed by atoms with E-state index in [1.165, 1.54) is 4.57 Å². The van der Waals surface area contributed by atoms with Crippen molar-refractivity contribution in [1.82, 2.24) is 14.9 Å². The van der Waals surface area contributed by atoms with Crippen LogP contribution in [0.3, 0.4) is 0 Å². The van der Waals surface area contributed by atoms with Gasteiger partial charge in [0.25, 0.3) is 0 Å². The van der Waals surface area contributed by atoms with Gasteiger partial charge in [0.15, 0.2) is 0 Å². The van der Waals surface area contributed by atoms with Crippen LogP contribution >= 0.6 is 0 Å². The number of carbonyl (C=O) groups excluding carboxylic acids is 2. The van der Waals surface area contributed by atoms with Gasteiger partial charge in [-0.2, -0.15) is 4.98 Å². The maximum atomic E-state index is 12.6. The van der Waals surface area contributed by atoms with Crippen LogP contribution in [0.5, 0.6) is 0 Å². The molecule has 2 aromatic rings. The van der Waals surface area contributed by atoms with Crippen LogP contribution in [0.15, 0.2) is 60.0 Å². The van der Waals surface area contributed by atoms with E-state index in [1.54, 1.807) is 18.3 Å². The van der Waals surface area contributed by atoms with Gasteiger partial charge >= 0.3 is 17.7 Å². The molecule has 1 heterocycles. The molecule has 8 heteroatoms. The average Bonchev–Trinajstić information content (AvgIpc) is 2.78.